The number of ether oxygens (including phenoxy) is 2. The highest BCUT2D eigenvalue weighted by Gasteiger charge is 2.26. The molecule has 0 fully saturated rings. The summed E-state index contributed by atoms with van der Waals surface area (Å²) < 4.78 is 11.1. The van der Waals surface area contributed by atoms with Crippen LogP contribution in [0.5, 0.6) is 11.5 Å². The first kappa shape index (κ1) is 21.6. The normalized spacial score (nSPS) is 11.2. The summed E-state index contributed by atoms with van der Waals surface area (Å²) in [5, 5.41) is 11.2. The van der Waals surface area contributed by atoms with Gasteiger partial charge in [0, 0.05) is 22.7 Å². The number of nitrogens with zero attached hydrogens (tertiary/aromatic N) is 1. The van der Waals surface area contributed by atoms with Gasteiger partial charge in [0.15, 0.2) is 0 Å². The molecule has 26 heavy (non-hydrogen) atoms. The minimum absolute atomic E-state index is 0.177. The van der Waals surface area contributed by atoms with E-state index in [1.807, 2.05) is 0 Å². The number of carboxylic acid groups (broad SMARTS) is 1. The van der Waals surface area contributed by atoms with Gasteiger partial charge in [-0.1, -0.05) is 28.6 Å². The third-order valence-corrected chi connectivity index (χ3v) is 3.78. The van der Waals surface area contributed by atoms with E-state index in [4.69, 9.17) is 14.6 Å². The number of carbonyl (C=O) groups is 2. The minimum Gasteiger partial charge on any atom is -0.497 e. The van der Waals surface area contributed by atoms with Crippen LogP contribution in [0.3, 0.4) is 0 Å². The molecule has 8 heteroatoms. The molecule has 0 unspecified atom stereocenters. The van der Waals surface area contributed by atoms with Crippen LogP contribution in [0.1, 0.15) is 12.0 Å². The first-order chi connectivity index (χ1) is 12.3. The molecule has 0 aliphatic heterocycles. The lowest BCUT2D eigenvalue weighted by Gasteiger charge is -2.27. The Bertz CT molecular complexity index is 678. The third kappa shape index (κ3) is 6.44. The number of halogens is 1. The van der Waals surface area contributed by atoms with Gasteiger partial charge in [0.1, 0.15) is 17.5 Å². The summed E-state index contributed by atoms with van der Waals surface area (Å²) in [5.41, 5.74) is 0.753. The van der Waals surface area contributed by atoms with Crippen LogP contribution < -0.4 is 14.8 Å². The van der Waals surface area contributed by atoms with Crippen LogP contribution in [-0.4, -0.2) is 48.8 Å². The lowest BCUT2D eigenvalue weighted by molar-refractivity contribution is -0.133. The highest BCUT2D eigenvalue weighted by Crippen LogP contribution is 2.26. The Kier molecular flexibility index (Phi) is 8.71. The van der Waals surface area contributed by atoms with Crippen LogP contribution in [0.4, 0.5) is 4.79 Å². The first-order valence-corrected chi connectivity index (χ1v) is 8.55. The fourth-order valence-corrected chi connectivity index (χ4v) is 2.67. The zero-order chi connectivity index (χ0) is 19.7. The van der Waals surface area contributed by atoms with Gasteiger partial charge in [-0.25, -0.2) is 4.79 Å². The number of rotatable bonds is 10. The number of amides is 2. The Hall–Kier alpha value is -2.48. The maximum atomic E-state index is 12.9. The van der Waals surface area contributed by atoms with Crippen molar-refractivity contribution in [1.29, 1.82) is 0 Å². The summed E-state index contributed by atoms with van der Waals surface area (Å²) in [6.45, 7) is 7.77. The van der Waals surface area contributed by atoms with Gasteiger partial charge < -0.3 is 24.8 Å². The van der Waals surface area contributed by atoms with E-state index in [-0.39, 0.29) is 25.4 Å². The Morgan fingerprint density at radius 2 is 2.08 bits per heavy atom. The van der Waals surface area contributed by atoms with Crippen molar-refractivity contribution in [2.75, 3.05) is 20.8 Å². The molecule has 7 nitrogen and oxygen atoms in total. The molecule has 0 aromatic heterocycles. The van der Waals surface area contributed by atoms with Crippen molar-refractivity contribution >= 4 is 27.9 Å². The zero-order valence-corrected chi connectivity index (χ0v) is 16.4. The van der Waals surface area contributed by atoms with Crippen LogP contribution in [0.25, 0.3) is 0 Å². The van der Waals surface area contributed by atoms with Gasteiger partial charge in [-0.2, -0.15) is 0 Å². The minimum atomic E-state index is -1.27. The molecule has 1 aromatic carbocycles. The summed E-state index contributed by atoms with van der Waals surface area (Å²) in [6.07, 6.45) is 0.397. The van der Waals surface area contributed by atoms with Crippen molar-refractivity contribution in [2.24, 2.45) is 0 Å². The van der Waals surface area contributed by atoms with E-state index in [2.05, 4.69) is 34.4 Å². The molecular formula is C18H23BrN2O5. The quantitative estimate of drug-likeness (QED) is 0.561. The van der Waals surface area contributed by atoms with Crippen molar-refractivity contribution < 1.29 is 24.2 Å². The lowest BCUT2D eigenvalue weighted by Crippen LogP contribution is -2.48. The van der Waals surface area contributed by atoms with Crippen LogP contribution in [-0.2, 0) is 11.3 Å². The highest BCUT2D eigenvalue weighted by molar-refractivity contribution is 9.11. The molecular weight excluding hydrogens is 404 g/mol. The Morgan fingerprint density at radius 1 is 1.38 bits per heavy atom. The van der Waals surface area contributed by atoms with E-state index in [1.54, 1.807) is 25.3 Å². The maximum absolute atomic E-state index is 12.9. The summed E-state index contributed by atoms with van der Waals surface area (Å²) >= 11 is 3.26. The summed E-state index contributed by atoms with van der Waals surface area (Å²) in [4.78, 5) is 25.3. The fourth-order valence-electron chi connectivity index (χ4n) is 2.36. The summed E-state index contributed by atoms with van der Waals surface area (Å²) in [6, 6.07) is 4.35. The molecule has 0 heterocycles. The van der Waals surface area contributed by atoms with Gasteiger partial charge in [0.2, 0.25) is 5.91 Å². The highest BCUT2D eigenvalue weighted by atomic mass is 79.9. The Labute approximate surface area is 161 Å². The molecule has 1 aromatic rings. The molecule has 142 valence electrons. The number of nitrogens with one attached hydrogen (secondary N) is 1. The SMILES string of the molecule is C=CC[C@@H](NC(=O)O)C(=O)N(CC(=C)Br)Cc1ccc(OC)cc1OC. The molecule has 0 saturated heterocycles. The van der Waals surface area contributed by atoms with Crippen molar-refractivity contribution in [3.63, 3.8) is 0 Å². The third-order valence-electron chi connectivity index (χ3n) is 3.53. The van der Waals surface area contributed by atoms with Crippen molar-refractivity contribution in [3.05, 3.63) is 47.5 Å². The molecule has 0 spiro atoms. The smallest absolute Gasteiger partial charge is 0.405 e. The van der Waals surface area contributed by atoms with Gasteiger partial charge in [0.05, 0.1) is 20.8 Å². The van der Waals surface area contributed by atoms with Gasteiger partial charge in [-0.05, 0) is 18.6 Å². The van der Waals surface area contributed by atoms with Crippen LogP contribution in [0.15, 0.2) is 41.9 Å². The van der Waals surface area contributed by atoms with E-state index >= 15 is 0 Å². The number of hydrogen-bond donors (Lipinski definition) is 2. The largest absolute Gasteiger partial charge is 0.497 e. The van der Waals surface area contributed by atoms with E-state index < -0.39 is 12.1 Å². The molecule has 0 bridgehead atoms. The number of benzene rings is 1. The standard InChI is InChI=1S/C18H23BrN2O5/c1-5-6-15(20-18(23)24)17(22)21(10-12(2)19)11-13-7-8-14(25-3)9-16(13)26-4/h5,7-9,15,20H,1-2,6,10-11H2,3-4H3,(H,23,24)/t15-/m1/s1. The Morgan fingerprint density at radius 3 is 2.58 bits per heavy atom. The molecule has 0 radical (unpaired) electrons. The molecule has 0 aliphatic carbocycles. The second-order valence-electron chi connectivity index (χ2n) is 5.42. The van der Waals surface area contributed by atoms with Gasteiger partial charge in [0.25, 0.3) is 0 Å². The van der Waals surface area contributed by atoms with Crippen molar-refractivity contribution in [2.45, 2.75) is 19.0 Å². The van der Waals surface area contributed by atoms with Crippen LogP contribution in [0, 0.1) is 0 Å². The van der Waals surface area contributed by atoms with Gasteiger partial charge in [-0.3, -0.25) is 4.79 Å². The average Bonchev–Trinajstić information content (AvgIpc) is 2.59. The second-order valence-corrected chi connectivity index (χ2v) is 6.54. The van der Waals surface area contributed by atoms with Crippen molar-refractivity contribution in [3.8, 4) is 11.5 Å². The van der Waals surface area contributed by atoms with Gasteiger partial charge >= 0.3 is 6.09 Å². The number of carbonyl (C=O) groups excluding carboxylic acids is 1. The lowest BCUT2D eigenvalue weighted by atomic mass is 10.1. The monoisotopic (exact) mass is 426 g/mol. The average molecular weight is 427 g/mol. The molecule has 2 amide bonds. The molecule has 0 aliphatic rings. The summed E-state index contributed by atoms with van der Waals surface area (Å²) in [5.74, 6) is 0.810. The van der Waals surface area contributed by atoms with Crippen LogP contribution in [0.2, 0.25) is 0 Å². The Balaban J connectivity index is 3.13. The molecule has 1 atom stereocenters. The second kappa shape index (κ2) is 10.5. The zero-order valence-electron chi connectivity index (χ0n) is 14.8. The molecule has 1 rings (SSSR count). The van der Waals surface area contributed by atoms with E-state index in [0.717, 1.165) is 5.56 Å². The maximum Gasteiger partial charge on any atom is 0.405 e. The van der Waals surface area contributed by atoms with Crippen LogP contribution >= 0.6 is 15.9 Å². The number of hydrogen-bond acceptors (Lipinski definition) is 4. The predicted molar refractivity (Wildman–Crippen MR) is 103 cm³/mol. The molecule has 2 N–H and O–H groups in total. The van der Waals surface area contributed by atoms with E-state index in [0.29, 0.717) is 16.0 Å². The van der Waals surface area contributed by atoms with Gasteiger partial charge in [-0.15, -0.1) is 6.58 Å². The fraction of sp³-hybridized carbons (Fsp3) is 0.333. The van der Waals surface area contributed by atoms with E-state index in [1.165, 1.54) is 18.1 Å². The molecule has 0 saturated carbocycles. The topological polar surface area (TPSA) is 88.1 Å². The van der Waals surface area contributed by atoms with E-state index in [9.17, 15) is 9.59 Å². The summed E-state index contributed by atoms with van der Waals surface area (Å²) in [7, 11) is 3.08. The number of methoxy groups -OCH3 is 2. The first-order valence-electron chi connectivity index (χ1n) is 7.75. The van der Waals surface area contributed by atoms with Crippen molar-refractivity contribution in [1.82, 2.24) is 10.2 Å². The predicted octanol–water partition coefficient (Wildman–Crippen LogP) is 3.15.